The first-order chi connectivity index (χ1) is 5.74. The topological polar surface area (TPSA) is 80.3 Å². The predicted octanol–water partition coefficient (Wildman–Crippen LogP) is 0.0587. The summed E-state index contributed by atoms with van der Waals surface area (Å²) in [5.41, 5.74) is 0. The molecule has 1 aromatic heterocycles. The van der Waals surface area contributed by atoms with Crippen LogP contribution in [0.1, 0.15) is 0 Å². The number of nitrogens with zero attached hydrogens (tertiary/aromatic N) is 2. The molecule has 1 heterocycles. The molecule has 0 amide bonds. The molecule has 0 atom stereocenters. The highest BCUT2D eigenvalue weighted by Gasteiger charge is 2.04. The van der Waals surface area contributed by atoms with Gasteiger partial charge in [0.15, 0.2) is 0 Å². The maximum atomic E-state index is 5.55. The Hall–Kier alpha value is -0.920. The Bertz CT molecular complexity index is 283. The van der Waals surface area contributed by atoms with Crippen LogP contribution in [0.15, 0.2) is 4.52 Å². The van der Waals surface area contributed by atoms with Crippen molar-refractivity contribution in [1.82, 2.24) is 10.1 Å². The number of hydrogen-bond donors (Lipinski definition) is 2. The molecular formula is C5H10N4O2S. The predicted molar refractivity (Wildman–Crippen MR) is 45.1 cm³/mol. The first kappa shape index (κ1) is 9.17. The van der Waals surface area contributed by atoms with Crippen LogP contribution in [0.25, 0.3) is 0 Å². The molecule has 0 aliphatic rings. The Morgan fingerprint density at radius 2 is 2.58 bits per heavy atom. The summed E-state index contributed by atoms with van der Waals surface area (Å²) in [5.74, 6) is 5.95. The number of nitrogens with two attached hydrogens (primary N) is 1. The van der Waals surface area contributed by atoms with Crippen LogP contribution < -0.4 is 10.9 Å². The normalized spacial score (nSPS) is 10.2. The third-order valence-electron chi connectivity index (χ3n) is 1.24. The number of hydrazine groups is 1. The Morgan fingerprint density at radius 1 is 1.83 bits per heavy atom. The molecule has 6 nitrogen and oxygen atoms in total. The van der Waals surface area contributed by atoms with Crippen LogP contribution in [0.5, 0.6) is 0 Å². The summed E-state index contributed by atoms with van der Waals surface area (Å²) < 4.78 is 9.50. The summed E-state index contributed by atoms with van der Waals surface area (Å²) in [6, 6.07) is 0. The lowest BCUT2D eigenvalue weighted by atomic mass is 10.6. The highest BCUT2D eigenvalue weighted by Crippen LogP contribution is 2.00. The van der Waals surface area contributed by atoms with E-state index in [9.17, 15) is 0 Å². The fraction of sp³-hybridized carbons (Fsp3) is 0.600. The molecule has 1 rings (SSSR count). The van der Waals surface area contributed by atoms with Crippen molar-refractivity contribution >= 4 is 18.2 Å². The van der Waals surface area contributed by atoms with Gasteiger partial charge in [-0.2, -0.15) is 10.1 Å². The first-order valence-corrected chi connectivity index (χ1v) is 3.71. The SMILES string of the molecule is COCCN(N)c1nc(=S)o[nH]1. The summed E-state index contributed by atoms with van der Waals surface area (Å²) in [5, 5.41) is 3.83. The maximum Gasteiger partial charge on any atom is 0.315 e. The molecular weight excluding hydrogens is 180 g/mol. The van der Waals surface area contributed by atoms with E-state index >= 15 is 0 Å². The third-order valence-corrected chi connectivity index (χ3v) is 1.41. The average molecular weight is 190 g/mol. The van der Waals surface area contributed by atoms with Crippen molar-refractivity contribution in [1.29, 1.82) is 0 Å². The Balaban J connectivity index is 2.53. The molecule has 1 aromatic rings. The second-order valence-electron chi connectivity index (χ2n) is 2.09. The van der Waals surface area contributed by atoms with E-state index in [1.54, 1.807) is 7.11 Å². The van der Waals surface area contributed by atoms with Crippen molar-refractivity contribution < 1.29 is 9.26 Å². The van der Waals surface area contributed by atoms with Gasteiger partial charge in [-0.3, -0.25) is 5.01 Å². The summed E-state index contributed by atoms with van der Waals surface area (Å²) >= 11 is 4.64. The van der Waals surface area contributed by atoms with Gasteiger partial charge in [-0.05, 0) is 12.2 Å². The van der Waals surface area contributed by atoms with E-state index in [2.05, 4.69) is 26.9 Å². The van der Waals surface area contributed by atoms with E-state index < -0.39 is 0 Å². The molecule has 0 spiro atoms. The van der Waals surface area contributed by atoms with Crippen molar-refractivity contribution in [2.24, 2.45) is 5.84 Å². The fourth-order valence-corrected chi connectivity index (χ4v) is 0.768. The van der Waals surface area contributed by atoms with Crippen LogP contribution in [0.2, 0.25) is 0 Å². The number of nitrogens with one attached hydrogen (secondary N) is 1. The van der Waals surface area contributed by atoms with Crippen molar-refractivity contribution in [3.63, 3.8) is 0 Å². The standard InChI is InChI=1S/C5H10N4O2S/c1-10-3-2-9(6)4-7-5(12)11-8-4/h2-3,6H2,1H3,(H,7,8,12). The Morgan fingerprint density at radius 3 is 3.08 bits per heavy atom. The van der Waals surface area contributed by atoms with Crippen LogP contribution >= 0.6 is 12.2 Å². The molecule has 12 heavy (non-hydrogen) atoms. The molecule has 3 N–H and O–H groups in total. The van der Waals surface area contributed by atoms with Crippen LogP contribution in [0.3, 0.4) is 0 Å². The van der Waals surface area contributed by atoms with Gasteiger partial charge in [0.1, 0.15) is 0 Å². The summed E-state index contributed by atoms with van der Waals surface area (Å²) in [4.78, 5) is 3.94. The van der Waals surface area contributed by atoms with Gasteiger partial charge in [-0.15, -0.1) is 0 Å². The zero-order valence-corrected chi connectivity index (χ0v) is 7.43. The van der Waals surface area contributed by atoms with Crippen molar-refractivity contribution in [3.05, 3.63) is 4.84 Å². The van der Waals surface area contributed by atoms with E-state index in [1.165, 1.54) is 5.01 Å². The third kappa shape index (κ3) is 2.29. The molecule has 0 aliphatic carbocycles. The molecule has 0 unspecified atom stereocenters. The van der Waals surface area contributed by atoms with Crippen LogP contribution in [-0.2, 0) is 4.74 Å². The fourth-order valence-electron chi connectivity index (χ4n) is 0.640. The number of anilines is 1. The highest BCUT2D eigenvalue weighted by atomic mass is 32.1. The number of aromatic amines is 1. The summed E-state index contributed by atoms with van der Waals surface area (Å²) in [7, 11) is 1.60. The van der Waals surface area contributed by atoms with Gasteiger partial charge in [0, 0.05) is 7.11 Å². The summed E-state index contributed by atoms with van der Waals surface area (Å²) in [6.45, 7) is 1.04. The van der Waals surface area contributed by atoms with Crippen molar-refractivity contribution in [3.8, 4) is 0 Å². The lowest BCUT2D eigenvalue weighted by Gasteiger charge is -2.12. The number of hydrogen-bond acceptors (Lipinski definition) is 6. The van der Waals surface area contributed by atoms with Crippen LogP contribution in [0.4, 0.5) is 5.95 Å². The molecule has 0 bridgehead atoms. The summed E-state index contributed by atoms with van der Waals surface area (Å²) in [6.07, 6.45) is 0. The first-order valence-electron chi connectivity index (χ1n) is 3.30. The van der Waals surface area contributed by atoms with E-state index in [0.29, 0.717) is 19.1 Å². The molecule has 7 heteroatoms. The van der Waals surface area contributed by atoms with Crippen molar-refractivity contribution in [2.45, 2.75) is 0 Å². The molecule has 0 saturated carbocycles. The zero-order chi connectivity index (χ0) is 8.97. The number of aromatic nitrogens is 2. The lowest BCUT2D eigenvalue weighted by molar-refractivity contribution is 0.205. The van der Waals surface area contributed by atoms with Gasteiger partial charge in [-0.25, -0.2) is 5.84 Å². The Kier molecular flexibility index (Phi) is 3.20. The van der Waals surface area contributed by atoms with E-state index in [4.69, 9.17) is 10.6 Å². The smallest absolute Gasteiger partial charge is 0.315 e. The van der Waals surface area contributed by atoms with Crippen molar-refractivity contribution in [2.75, 3.05) is 25.3 Å². The second-order valence-corrected chi connectivity index (χ2v) is 2.44. The van der Waals surface area contributed by atoms with Crippen LogP contribution in [-0.4, -0.2) is 30.4 Å². The number of rotatable bonds is 4. The van der Waals surface area contributed by atoms with Gasteiger partial charge in [0.05, 0.1) is 13.2 Å². The number of ether oxygens (including phenoxy) is 1. The molecule has 0 radical (unpaired) electrons. The lowest BCUT2D eigenvalue weighted by Crippen LogP contribution is -2.34. The zero-order valence-electron chi connectivity index (χ0n) is 6.61. The molecule has 0 aromatic carbocycles. The van der Waals surface area contributed by atoms with E-state index in [0.717, 1.165) is 0 Å². The van der Waals surface area contributed by atoms with E-state index in [1.807, 2.05) is 0 Å². The van der Waals surface area contributed by atoms with E-state index in [-0.39, 0.29) is 4.84 Å². The van der Waals surface area contributed by atoms with Gasteiger partial charge >= 0.3 is 4.84 Å². The second kappa shape index (κ2) is 4.19. The number of methoxy groups -OCH3 is 1. The maximum absolute atomic E-state index is 5.55. The van der Waals surface area contributed by atoms with Gasteiger partial charge < -0.3 is 9.26 Å². The minimum atomic E-state index is 0.137. The quantitative estimate of drug-likeness (QED) is 0.397. The average Bonchev–Trinajstić information content (AvgIpc) is 2.47. The van der Waals surface area contributed by atoms with Gasteiger partial charge in [-0.1, -0.05) is 0 Å². The molecule has 0 saturated heterocycles. The van der Waals surface area contributed by atoms with Gasteiger partial charge in [0.25, 0.3) is 5.95 Å². The highest BCUT2D eigenvalue weighted by molar-refractivity contribution is 7.71. The monoisotopic (exact) mass is 190 g/mol. The van der Waals surface area contributed by atoms with Crippen LogP contribution in [0, 0.1) is 4.84 Å². The van der Waals surface area contributed by atoms with Gasteiger partial charge in [0.2, 0.25) is 0 Å². The molecule has 0 fully saturated rings. The molecule has 68 valence electrons. The minimum Gasteiger partial charge on any atom is -0.383 e. The minimum absolute atomic E-state index is 0.137. The molecule has 0 aliphatic heterocycles. The largest absolute Gasteiger partial charge is 0.383 e. The number of H-pyrrole nitrogens is 1. The Labute approximate surface area is 74.3 Å².